The molecule has 6 heteroatoms. The van der Waals surface area contributed by atoms with Crippen molar-refractivity contribution >= 4 is 5.91 Å². The topological polar surface area (TPSA) is 71.8 Å². The van der Waals surface area contributed by atoms with Crippen molar-refractivity contribution in [3.05, 3.63) is 76.2 Å². The molecule has 2 N–H and O–H groups in total. The molecule has 0 aliphatic carbocycles. The van der Waals surface area contributed by atoms with Gasteiger partial charge in [-0.1, -0.05) is 18.2 Å². The van der Waals surface area contributed by atoms with Gasteiger partial charge in [-0.3, -0.25) is 4.79 Å². The molecule has 0 saturated carbocycles. The monoisotopic (exact) mass is 347 g/mol. The molecule has 1 aromatic carbocycles. The maximum absolute atomic E-state index is 12.4. The summed E-state index contributed by atoms with van der Waals surface area (Å²) in [6.45, 7) is 6.25. The first-order chi connectivity index (χ1) is 12.6. The van der Waals surface area contributed by atoms with Crippen LogP contribution in [0.3, 0.4) is 0 Å². The van der Waals surface area contributed by atoms with Gasteiger partial charge in [0.2, 0.25) is 0 Å². The minimum Gasteiger partial charge on any atom is -0.348 e. The summed E-state index contributed by atoms with van der Waals surface area (Å²) in [6, 6.07) is 11.9. The predicted octanol–water partition coefficient (Wildman–Crippen LogP) is 2.42. The number of fused-ring (bicyclic) bond motifs is 1. The third kappa shape index (κ3) is 3.23. The van der Waals surface area contributed by atoms with Crippen LogP contribution in [0.15, 0.2) is 42.6 Å². The molecule has 1 aliphatic rings. The molecule has 0 fully saturated rings. The van der Waals surface area contributed by atoms with Crippen molar-refractivity contribution in [1.82, 2.24) is 25.4 Å². The number of nitrogens with one attached hydrogen (secondary N) is 2. The number of benzene rings is 1. The number of nitrogens with zero attached hydrogens (tertiary/aromatic N) is 3. The molecule has 0 atom stereocenters. The van der Waals surface area contributed by atoms with Crippen molar-refractivity contribution in [3.8, 4) is 5.82 Å². The van der Waals surface area contributed by atoms with Crippen molar-refractivity contribution in [2.45, 2.75) is 33.5 Å². The number of rotatable bonds is 4. The molecule has 0 unspecified atom stereocenters. The van der Waals surface area contributed by atoms with Crippen molar-refractivity contribution in [2.24, 2.45) is 0 Å². The molecule has 3 heterocycles. The molecule has 1 aliphatic heterocycles. The van der Waals surface area contributed by atoms with E-state index < -0.39 is 0 Å². The van der Waals surface area contributed by atoms with E-state index in [1.54, 1.807) is 16.9 Å². The fourth-order valence-electron chi connectivity index (χ4n) is 3.25. The zero-order valence-electron chi connectivity index (χ0n) is 14.9. The third-order valence-electron chi connectivity index (χ3n) is 4.59. The molecule has 6 nitrogen and oxygen atoms in total. The lowest BCUT2D eigenvalue weighted by molar-refractivity contribution is 0.0950. The van der Waals surface area contributed by atoms with Gasteiger partial charge in [0.05, 0.1) is 11.3 Å². The standard InChI is InChI=1S/C20H21N5O/c1-13-7-14(2)25(24-13)19-6-5-17(12-22-19)20(26)23-9-15-3-4-16-10-21-11-18(16)8-15/h3-8,12,21H,9-11H2,1-2H3,(H,23,26). The summed E-state index contributed by atoms with van der Waals surface area (Å²) in [5.41, 5.74) is 6.25. The van der Waals surface area contributed by atoms with Crippen LogP contribution in [-0.2, 0) is 19.6 Å². The summed E-state index contributed by atoms with van der Waals surface area (Å²) in [6.07, 6.45) is 1.59. The predicted molar refractivity (Wildman–Crippen MR) is 99.0 cm³/mol. The molecule has 1 amide bonds. The van der Waals surface area contributed by atoms with E-state index >= 15 is 0 Å². The van der Waals surface area contributed by atoms with Crippen molar-refractivity contribution in [3.63, 3.8) is 0 Å². The van der Waals surface area contributed by atoms with Gasteiger partial charge in [-0.25, -0.2) is 9.67 Å². The van der Waals surface area contributed by atoms with Crippen LogP contribution >= 0.6 is 0 Å². The Morgan fingerprint density at radius 1 is 1.15 bits per heavy atom. The van der Waals surface area contributed by atoms with Gasteiger partial charge in [-0.05, 0) is 48.7 Å². The zero-order chi connectivity index (χ0) is 18.1. The molecular formula is C20H21N5O. The second-order valence-corrected chi connectivity index (χ2v) is 6.63. The van der Waals surface area contributed by atoms with Crippen LogP contribution in [0.2, 0.25) is 0 Å². The Morgan fingerprint density at radius 2 is 2.00 bits per heavy atom. The molecule has 0 saturated heterocycles. The normalized spacial score (nSPS) is 12.8. The maximum Gasteiger partial charge on any atom is 0.253 e. The number of pyridine rings is 1. The van der Waals surface area contributed by atoms with Crippen LogP contribution in [0, 0.1) is 13.8 Å². The van der Waals surface area contributed by atoms with Crippen LogP contribution in [-0.4, -0.2) is 20.7 Å². The van der Waals surface area contributed by atoms with Gasteiger partial charge < -0.3 is 10.6 Å². The molecule has 26 heavy (non-hydrogen) atoms. The second kappa shape index (κ2) is 6.72. The molecule has 0 spiro atoms. The number of hydrogen-bond donors (Lipinski definition) is 2. The molecule has 4 rings (SSSR count). The number of aryl methyl sites for hydroxylation is 2. The average Bonchev–Trinajstić information content (AvgIpc) is 3.25. The maximum atomic E-state index is 12.4. The van der Waals surface area contributed by atoms with Gasteiger partial charge in [-0.2, -0.15) is 5.10 Å². The number of carbonyl (C=O) groups excluding carboxylic acids is 1. The second-order valence-electron chi connectivity index (χ2n) is 6.63. The van der Waals surface area contributed by atoms with Gasteiger partial charge >= 0.3 is 0 Å². The lowest BCUT2D eigenvalue weighted by Gasteiger charge is -2.08. The quantitative estimate of drug-likeness (QED) is 0.760. The highest BCUT2D eigenvalue weighted by Gasteiger charge is 2.12. The SMILES string of the molecule is Cc1cc(C)n(-c2ccc(C(=O)NCc3ccc4c(c3)CNC4)cn2)n1. The Labute approximate surface area is 152 Å². The van der Waals surface area contributed by atoms with E-state index in [1.165, 1.54) is 11.1 Å². The number of aromatic nitrogens is 3. The summed E-state index contributed by atoms with van der Waals surface area (Å²) in [4.78, 5) is 16.8. The molecule has 0 bridgehead atoms. The Hall–Kier alpha value is -2.99. The third-order valence-corrected chi connectivity index (χ3v) is 4.59. The van der Waals surface area contributed by atoms with Gasteiger partial charge in [0, 0.05) is 31.5 Å². The first-order valence-electron chi connectivity index (χ1n) is 8.69. The summed E-state index contributed by atoms with van der Waals surface area (Å²) in [5, 5.41) is 10.7. The highest BCUT2D eigenvalue weighted by Crippen LogP contribution is 2.17. The summed E-state index contributed by atoms with van der Waals surface area (Å²) in [7, 11) is 0. The fourth-order valence-corrected chi connectivity index (χ4v) is 3.25. The Balaban J connectivity index is 1.42. The van der Waals surface area contributed by atoms with Crippen LogP contribution in [0.25, 0.3) is 5.82 Å². The fraction of sp³-hybridized carbons (Fsp3) is 0.250. The molecular weight excluding hydrogens is 326 g/mol. The number of carbonyl (C=O) groups is 1. The van der Waals surface area contributed by atoms with E-state index in [0.29, 0.717) is 17.9 Å². The molecule has 132 valence electrons. The smallest absolute Gasteiger partial charge is 0.253 e. The molecule has 3 aromatic rings. The van der Waals surface area contributed by atoms with Gasteiger partial charge in [0.1, 0.15) is 0 Å². The van der Waals surface area contributed by atoms with E-state index in [0.717, 1.165) is 30.0 Å². The first-order valence-corrected chi connectivity index (χ1v) is 8.69. The van der Waals surface area contributed by atoms with Crippen molar-refractivity contribution < 1.29 is 4.79 Å². The van der Waals surface area contributed by atoms with Gasteiger partial charge in [-0.15, -0.1) is 0 Å². The van der Waals surface area contributed by atoms with E-state index in [9.17, 15) is 4.79 Å². The zero-order valence-corrected chi connectivity index (χ0v) is 14.9. The van der Waals surface area contributed by atoms with Gasteiger partial charge in [0.15, 0.2) is 5.82 Å². The number of hydrogen-bond acceptors (Lipinski definition) is 4. The largest absolute Gasteiger partial charge is 0.348 e. The van der Waals surface area contributed by atoms with E-state index in [2.05, 4.69) is 38.9 Å². The minimum absolute atomic E-state index is 0.129. The minimum atomic E-state index is -0.129. The van der Waals surface area contributed by atoms with Crippen LogP contribution in [0.5, 0.6) is 0 Å². The van der Waals surface area contributed by atoms with Crippen LogP contribution in [0.1, 0.15) is 38.4 Å². The first kappa shape index (κ1) is 16.5. The van der Waals surface area contributed by atoms with E-state index in [-0.39, 0.29) is 5.91 Å². The van der Waals surface area contributed by atoms with E-state index in [4.69, 9.17) is 0 Å². The lowest BCUT2D eigenvalue weighted by atomic mass is 10.1. The van der Waals surface area contributed by atoms with Gasteiger partial charge in [0.25, 0.3) is 5.91 Å². The summed E-state index contributed by atoms with van der Waals surface area (Å²) >= 11 is 0. The van der Waals surface area contributed by atoms with Crippen molar-refractivity contribution in [2.75, 3.05) is 0 Å². The number of amides is 1. The molecule has 2 aromatic heterocycles. The Bertz CT molecular complexity index is 959. The molecule has 0 radical (unpaired) electrons. The highest BCUT2D eigenvalue weighted by molar-refractivity contribution is 5.93. The van der Waals surface area contributed by atoms with E-state index in [1.807, 2.05) is 26.0 Å². The lowest BCUT2D eigenvalue weighted by Crippen LogP contribution is -2.23. The van der Waals surface area contributed by atoms with Crippen molar-refractivity contribution in [1.29, 1.82) is 0 Å². The highest BCUT2D eigenvalue weighted by atomic mass is 16.1. The average molecular weight is 347 g/mol. The summed E-state index contributed by atoms with van der Waals surface area (Å²) in [5.74, 6) is 0.578. The van der Waals surface area contributed by atoms with Crippen LogP contribution < -0.4 is 10.6 Å². The Kier molecular flexibility index (Phi) is 4.26. The summed E-state index contributed by atoms with van der Waals surface area (Å²) < 4.78 is 1.77. The Morgan fingerprint density at radius 3 is 2.73 bits per heavy atom. The van der Waals surface area contributed by atoms with Crippen LogP contribution in [0.4, 0.5) is 0 Å².